The maximum absolute atomic E-state index is 7.79. The Morgan fingerprint density at radius 1 is 0.684 bits per heavy atom. The van der Waals surface area contributed by atoms with Crippen molar-refractivity contribution in [2.75, 3.05) is 0 Å². The smallest absolute Gasteiger partial charge is 0.189 e. The molecule has 0 spiro atoms. The van der Waals surface area contributed by atoms with Crippen LogP contribution in [0.2, 0.25) is 0 Å². The first-order chi connectivity index (χ1) is 8.84. The first-order valence-corrected chi connectivity index (χ1v) is 6.06. The Balaban J connectivity index is 0.00000133. The maximum Gasteiger partial charge on any atom is 0.189 e. The van der Waals surface area contributed by atoms with E-state index in [1.165, 1.54) is 11.1 Å². The summed E-state index contributed by atoms with van der Waals surface area (Å²) >= 11 is 0. The van der Waals surface area contributed by atoms with Gasteiger partial charge in [-0.25, -0.2) is 0 Å². The van der Waals surface area contributed by atoms with Crippen molar-refractivity contribution in [2.24, 2.45) is 0 Å². The Kier molecular flexibility index (Phi) is 4.22. The van der Waals surface area contributed by atoms with E-state index in [0.29, 0.717) is 5.96 Å². The lowest BCUT2D eigenvalue weighted by Crippen LogP contribution is -2.23. The minimum Gasteiger partial charge on any atom is -0.347 e. The van der Waals surface area contributed by atoms with Gasteiger partial charge in [-0.05, 0) is 11.1 Å². The quantitative estimate of drug-likeness (QED) is 0.796. The zero-order chi connectivity index (χ0) is 12.4. The normalized spacial score (nSPS) is 21.2. The molecule has 98 valence electrons. The summed E-state index contributed by atoms with van der Waals surface area (Å²) in [6.45, 7) is 0. The molecule has 1 aliphatic rings. The number of nitrogens with one attached hydrogen (secondary N) is 3. The molecule has 0 saturated carbocycles. The number of hydrogen-bond donors (Lipinski definition) is 3. The molecule has 2 unspecified atom stereocenters. The summed E-state index contributed by atoms with van der Waals surface area (Å²) in [5.74, 6) is 0.387. The van der Waals surface area contributed by atoms with E-state index < -0.39 is 0 Å². The lowest BCUT2D eigenvalue weighted by Gasteiger charge is -2.19. The van der Waals surface area contributed by atoms with Crippen molar-refractivity contribution in [3.05, 3.63) is 71.8 Å². The van der Waals surface area contributed by atoms with Gasteiger partial charge in [0.05, 0.1) is 12.1 Å². The minimum absolute atomic E-state index is 0. The van der Waals surface area contributed by atoms with Crippen LogP contribution >= 0.6 is 17.0 Å². The molecule has 2 atom stereocenters. The molecule has 2 aromatic carbocycles. The third-order valence-corrected chi connectivity index (χ3v) is 3.25. The van der Waals surface area contributed by atoms with Gasteiger partial charge in [-0.3, -0.25) is 5.41 Å². The van der Waals surface area contributed by atoms with Crippen LogP contribution in [0.3, 0.4) is 0 Å². The highest BCUT2D eigenvalue weighted by Crippen LogP contribution is 2.31. The van der Waals surface area contributed by atoms with Crippen LogP contribution in [-0.4, -0.2) is 5.96 Å². The molecule has 0 amide bonds. The third-order valence-electron chi connectivity index (χ3n) is 3.25. The predicted octanol–water partition coefficient (Wildman–Crippen LogP) is 3.17. The molecule has 3 N–H and O–H groups in total. The molecule has 1 aliphatic heterocycles. The Morgan fingerprint density at radius 3 is 1.42 bits per heavy atom. The summed E-state index contributed by atoms with van der Waals surface area (Å²) in [5, 5.41) is 14.2. The topological polar surface area (TPSA) is 47.9 Å². The second kappa shape index (κ2) is 5.89. The lowest BCUT2D eigenvalue weighted by molar-refractivity contribution is 0.554. The van der Waals surface area contributed by atoms with E-state index in [2.05, 4.69) is 34.9 Å². The van der Waals surface area contributed by atoms with Crippen LogP contribution in [0.1, 0.15) is 23.2 Å². The van der Waals surface area contributed by atoms with Gasteiger partial charge in [-0.15, -0.1) is 17.0 Å². The SMILES string of the molecule is Br.N=C1NC(c2ccccc2)C(c2ccccc2)N1. The summed E-state index contributed by atoms with van der Waals surface area (Å²) in [6, 6.07) is 20.7. The van der Waals surface area contributed by atoms with Crippen LogP contribution in [0.4, 0.5) is 0 Å². The van der Waals surface area contributed by atoms with E-state index in [4.69, 9.17) is 5.41 Å². The van der Waals surface area contributed by atoms with Gasteiger partial charge >= 0.3 is 0 Å². The highest BCUT2D eigenvalue weighted by Gasteiger charge is 2.31. The first kappa shape index (κ1) is 13.6. The fraction of sp³-hybridized carbons (Fsp3) is 0.133. The van der Waals surface area contributed by atoms with Crippen LogP contribution in [0.25, 0.3) is 0 Å². The Morgan fingerprint density at radius 2 is 1.05 bits per heavy atom. The van der Waals surface area contributed by atoms with Gasteiger partial charge in [0.2, 0.25) is 0 Å². The van der Waals surface area contributed by atoms with Crippen LogP contribution < -0.4 is 10.6 Å². The molecule has 2 aromatic rings. The van der Waals surface area contributed by atoms with Crippen LogP contribution in [-0.2, 0) is 0 Å². The average Bonchev–Trinajstić information content (AvgIpc) is 2.83. The van der Waals surface area contributed by atoms with E-state index >= 15 is 0 Å². The van der Waals surface area contributed by atoms with E-state index in [1.54, 1.807) is 0 Å². The van der Waals surface area contributed by atoms with Crippen LogP contribution in [0.15, 0.2) is 60.7 Å². The van der Waals surface area contributed by atoms with E-state index in [-0.39, 0.29) is 29.1 Å². The molecule has 1 heterocycles. The van der Waals surface area contributed by atoms with Crippen molar-refractivity contribution in [2.45, 2.75) is 12.1 Å². The highest BCUT2D eigenvalue weighted by molar-refractivity contribution is 8.93. The first-order valence-electron chi connectivity index (χ1n) is 6.06. The molecule has 3 rings (SSSR count). The van der Waals surface area contributed by atoms with Crippen LogP contribution in [0.5, 0.6) is 0 Å². The Bertz CT molecular complexity index is 492. The number of hydrogen-bond acceptors (Lipinski definition) is 1. The van der Waals surface area contributed by atoms with E-state index in [1.807, 2.05) is 36.4 Å². The maximum atomic E-state index is 7.79. The lowest BCUT2D eigenvalue weighted by atomic mass is 9.95. The summed E-state index contributed by atoms with van der Waals surface area (Å²) in [7, 11) is 0. The van der Waals surface area contributed by atoms with Crippen molar-refractivity contribution in [1.29, 1.82) is 5.41 Å². The minimum atomic E-state index is 0. The molecule has 4 heteroatoms. The molecule has 0 aliphatic carbocycles. The molecule has 0 radical (unpaired) electrons. The zero-order valence-electron chi connectivity index (χ0n) is 10.3. The van der Waals surface area contributed by atoms with Gasteiger partial charge in [0, 0.05) is 0 Å². The van der Waals surface area contributed by atoms with E-state index in [0.717, 1.165) is 0 Å². The van der Waals surface area contributed by atoms with Gasteiger partial charge < -0.3 is 10.6 Å². The predicted molar refractivity (Wildman–Crippen MR) is 82.7 cm³/mol. The molecular formula is C15H16BrN3. The fourth-order valence-corrected chi connectivity index (χ4v) is 2.39. The molecule has 0 bridgehead atoms. The van der Waals surface area contributed by atoms with E-state index in [9.17, 15) is 0 Å². The molecule has 1 saturated heterocycles. The fourth-order valence-electron chi connectivity index (χ4n) is 2.39. The molecule has 1 fully saturated rings. The molecular weight excluding hydrogens is 302 g/mol. The van der Waals surface area contributed by atoms with Gasteiger partial charge in [0.1, 0.15) is 0 Å². The number of guanidine groups is 1. The van der Waals surface area contributed by atoms with Crippen LogP contribution in [0, 0.1) is 5.41 Å². The number of benzene rings is 2. The molecule has 0 aromatic heterocycles. The summed E-state index contributed by atoms with van der Waals surface area (Å²) < 4.78 is 0. The van der Waals surface area contributed by atoms with Crippen molar-refractivity contribution in [3.8, 4) is 0 Å². The van der Waals surface area contributed by atoms with Crippen molar-refractivity contribution < 1.29 is 0 Å². The van der Waals surface area contributed by atoms with Gasteiger partial charge in [0.15, 0.2) is 5.96 Å². The second-order valence-electron chi connectivity index (χ2n) is 4.44. The van der Waals surface area contributed by atoms with Gasteiger partial charge in [-0.2, -0.15) is 0 Å². The zero-order valence-corrected chi connectivity index (χ0v) is 12.0. The summed E-state index contributed by atoms with van der Waals surface area (Å²) in [4.78, 5) is 0. The van der Waals surface area contributed by atoms with Gasteiger partial charge in [-0.1, -0.05) is 60.7 Å². The number of rotatable bonds is 2. The third kappa shape index (κ3) is 2.79. The Labute approximate surface area is 123 Å². The summed E-state index contributed by atoms with van der Waals surface area (Å²) in [6.07, 6.45) is 0. The van der Waals surface area contributed by atoms with Gasteiger partial charge in [0.25, 0.3) is 0 Å². The molecule has 3 nitrogen and oxygen atoms in total. The molecule has 19 heavy (non-hydrogen) atoms. The average molecular weight is 318 g/mol. The second-order valence-corrected chi connectivity index (χ2v) is 4.44. The van der Waals surface area contributed by atoms with Crippen molar-refractivity contribution >= 4 is 22.9 Å². The monoisotopic (exact) mass is 317 g/mol. The number of halogens is 1. The highest BCUT2D eigenvalue weighted by atomic mass is 79.9. The standard InChI is InChI=1S/C15H15N3.BrH/c16-15-17-13(11-7-3-1-4-8-11)14(18-15)12-9-5-2-6-10-12;/h1-10,13-14H,(H3,16,17,18);1H. The van der Waals surface area contributed by atoms with Crippen molar-refractivity contribution in [1.82, 2.24) is 10.6 Å². The Hall–Kier alpha value is -1.81. The summed E-state index contributed by atoms with van der Waals surface area (Å²) in [5.41, 5.74) is 2.39. The largest absolute Gasteiger partial charge is 0.347 e. The van der Waals surface area contributed by atoms with Crippen molar-refractivity contribution in [3.63, 3.8) is 0 Å².